The molecule has 0 saturated carbocycles. The molecule has 3 unspecified atom stereocenters. The van der Waals surface area contributed by atoms with Crippen LogP contribution in [0.15, 0.2) is 36.5 Å². The molecule has 6 nitrogen and oxygen atoms in total. The van der Waals surface area contributed by atoms with Crippen molar-refractivity contribution < 1.29 is 14.3 Å². The van der Waals surface area contributed by atoms with E-state index in [-0.39, 0.29) is 29.4 Å². The lowest BCUT2D eigenvalue weighted by atomic mass is 9.78. The zero-order valence-electron chi connectivity index (χ0n) is 17.6. The Morgan fingerprint density at radius 3 is 2.53 bits per heavy atom. The predicted octanol–water partition coefficient (Wildman–Crippen LogP) is 4.98. The van der Waals surface area contributed by atoms with Crippen LogP contribution >= 0.6 is 34.8 Å². The number of hydrogen-bond acceptors (Lipinski definition) is 4. The Kier molecular flexibility index (Phi) is 5.91. The van der Waals surface area contributed by atoms with Gasteiger partial charge in [-0.1, -0.05) is 40.9 Å². The molecule has 1 aromatic heterocycles. The van der Waals surface area contributed by atoms with Crippen molar-refractivity contribution in [1.29, 1.82) is 0 Å². The summed E-state index contributed by atoms with van der Waals surface area (Å²) in [5, 5.41) is 1.58. The largest absolute Gasteiger partial charge is 0.474 e. The van der Waals surface area contributed by atoms with Crippen LogP contribution in [-0.2, 0) is 4.74 Å². The third-order valence-electron chi connectivity index (χ3n) is 6.76. The van der Waals surface area contributed by atoms with Crippen LogP contribution in [0, 0.1) is 11.3 Å². The molecule has 0 N–H and O–H groups in total. The highest BCUT2D eigenvalue weighted by molar-refractivity contribution is 6.42. The van der Waals surface area contributed by atoms with Crippen molar-refractivity contribution in [2.45, 2.75) is 18.9 Å². The summed E-state index contributed by atoms with van der Waals surface area (Å²) in [6.07, 6.45) is 1.39. The first kappa shape index (κ1) is 22.1. The molecule has 3 aliphatic heterocycles. The monoisotopic (exact) mass is 495 g/mol. The Bertz CT molecular complexity index is 1010. The number of aromatic nitrogens is 1. The molecule has 3 fully saturated rings. The molecule has 3 saturated heterocycles. The van der Waals surface area contributed by atoms with Gasteiger partial charge in [-0.05, 0) is 30.7 Å². The number of likely N-dealkylation sites (tertiary alicyclic amines) is 2. The second-order valence-electron chi connectivity index (χ2n) is 9.12. The predicted molar refractivity (Wildman–Crippen MR) is 124 cm³/mol. The Morgan fingerprint density at radius 1 is 1.12 bits per heavy atom. The van der Waals surface area contributed by atoms with Gasteiger partial charge in [-0.25, -0.2) is 9.78 Å². The topological polar surface area (TPSA) is 54.9 Å². The van der Waals surface area contributed by atoms with E-state index in [0.29, 0.717) is 34.0 Å². The lowest BCUT2D eigenvalue weighted by Crippen LogP contribution is -2.68. The van der Waals surface area contributed by atoms with Gasteiger partial charge in [0.25, 0.3) is 0 Å². The van der Waals surface area contributed by atoms with Crippen molar-refractivity contribution >= 4 is 40.8 Å². The molecule has 0 bridgehead atoms. The number of halogens is 3. The number of carbonyl (C=O) groups excluding carboxylic acids is 1. The van der Waals surface area contributed by atoms with Crippen LogP contribution < -0.4 is 4.74 Å². The maximum absolute atomic E-state index is 13.2. The van der Waals surface area contributed by atoms with Crippen LogP contribution in [0.25, 0.3) is 0 Å². The first-order valence-corrected chi connectivity index (χ1v) is 11.8. The van der Waals surface area contributed by atoms with Gasteiger partial charge in [-0.15, -0.1) is 0 Å². The van der Waals surface area contributed by atoms with Crippen LogP contribution in [-0.4, -0.2) is 66.3 Å². The summed E-state index contributed by atoms with van der Waals surface area (Å²) >= 11 is 18.4. The van der Waals surface area contributed by atoms with E-state index in [4.69, 9.17) is 44.3 Å². The summed E-state index contributed by atoms with van der Waals surface area (Å²) in [7, 11) is 0. The minimum Gasteiger partial charge on any atom is -0.474 e. The molecule has 170 valence electrons. The number of ether oxygens (including phenoxy) is 2. The zero-order valence-corrected chi connectivity index (χ0v) is 19.9. The maximum atomic E-state index is 13.2. The molecule has 32 heavy (non-hydrogen) atoms. The molecule has 5 rings (SSSR count). The van der Waals surface area contributed by atoms with Crippen molar-refractivity contribution in [3.05, 3.63) is 57.2 Å². The van der Waals surface area contributed by atoms with E-state index in [9.17, 15) is 4.79 Å². The summed E-state index contributed by atoms with van der Waals surface area (Å²) < 4.78 is 11.5. The summed E-state index contributed by atoms with van der Waals surface area (Å²) in [6.45, 7) is 6.26. The highest BCUT2D eigenvalue weighted by Gasteiger charge is 2.52. The van der Waals surface area contributed by atoms with E-state index in [0.717, 1.165) is 31.9 Å². The molecule has 3 aliphatic rings. The molecule has 1 spiro atoms. The molecule has 3 atom stereocenters. The SMILES string of the molecule is CC(Oc1ccc(Cl)cn1)C1CN(C(=O)N2CC3(COC3)C2)CC1c1ccc(Cl)c(Cl)c1. The van der Waals surface area contributed by atoms with Crippen LogP contribution in [0.3, 0.4) is 0 Å². The number of carbonyl (C=O) groups is 1. The smallest absolute Gasteiger partial charge is 0.320 e. The second-order valence-corrected chi connectivity index (χ2v) is 10.4. The second kappa shape index (κ2) is 8.56. The average Bonchev–Trinajstić information content (AvgIpc) is 3.15. The average molecular weight is 497 g/mol. The van der Waals surface area contributed by atoms with E-state index < -0.39 is 0 Å². The van der Waals surface area contributed by atoms with Gasteiger partial charge in [-0.2, -0.15) is 0 Å². The molecule has 9 heteroatoms. The maximum Gasteiger partial charge on any atom is 0.320 e. The first-order chi connectivity index (χ1) is 15.3. The summed E-state index contributed by atoms with van der Waals surface area (Å²) in [5.41, 5.74) is 1.24. The Morgan fingerprint density at radius 2 is 1.91 bits per heavy atom. The molecule has 4 heterocycles. The van der Waals surface area contributed by atoms with Gasteiger partial charge in [0.1, 0.15) is 6.10 Å². The summed E-state index contributed by atoms with van der Waals surface area (Å²) in [4.78, 5) is 21.3. The van der Waals surface area contributed by atoms with Crippen molar-refractivity contribution in [3.8, 4) is 5.88 Å². The third kappa shape index (κ3) is 4.14. The van der Waals surface area contributed by atoms with Gasteiger partial charge in [-0.3, -0.25) is 0 Å². The fourth-order valence-corrected chi connectivity index (χ4v) is 5.36. The van der Waals surface area contributed by atoms with Crippen LogP contribution in [0.4, 0.5) is 4.79 Å². The van der Waals surface area contributed by atoms with Crippen molar-refractivity contribution in [1.82, 2.24) is 14.8 Å². The van der Waals surface area contributed by atoms with Gasteiger partial charge in [0, 0.05) is 50.3 Å². The van der Waals surface area contributed by atoms with E-state index in [1.54, 1.807) is 18.3 Å². The fraction of sp³-hybridized carbons (Fsp3) is 0.478. The van der Waals surface area contributed by atoms with Gasteiger partial charge in [0.05, 0.1) is 33.7 Å². The van der Waals surface area contributed by atoms with Crippen molar-refractivity contribution in [3.63, 3.8) is 0 Å². The number of amides is 2. The molecule has 0 radical (unpaired) electrons. The number of urea groups is 1. The fourth-order valence-electron chi connectivity index (χ4n) is 4.94. The summed E-state index contributed by atoms with van der Waals surface area (Å²) in [6, 6.07) is 9.27. The van der Waals surface area contributed by atoms with Crippen molar-refractivity contribution in [2.75, 3.05) is 39.4 Å². The molecule has 2 amide bonds. The van der Waals surface area contributed by atoms with Gasteiger partial charge in [0.2, 0.25) is 5.88 Å². The molecule has 1 aromatic carbocycles. The number of benzene rings is 1. The quantitative estimate of drug-likeness (QED) is 0.599. The number of pyridine rings is 1. The Balaban J connectivity index is 1.34. The first-order valence-electron chi connectivity index (χ1n) is 10.7. The highest BCUT2D eigenvalue weighted by atomic mass is 35.5. The van der Waals surface area contributed by atoms with E-state index >= 15 is 0 Å². The van der Waals surface area contributed by atoms with E-state index in [1.807, 2.05) is 34.9 Å². The van der Waals surface area contributed by atoms with Crippen LogP contribution in [0.5, 0.6) is 5.88 Å². The minimum absolute atomic E-state index is 0.0657. The lowest BCUT2D eigenvalue weighted by Gasteiger charge is -2.55. The third-order valence-corrected chi connectivity index (χ3v) is 7.72. The number of rotatable bonds is 4. The molecular weight excluding hydrogens is 473 g/mol. The molecule has 2 aromatic rings. The summed E-state index contributed by atoms with van der Waals surface area (Å²) in [5.74, 6) is 0.642. The normalized spacial score (nSPS) is 24.8. The lowest BCUT2D eigenvalue weighted by molar-refractivity contribution is -0.177. The zero-order chi connectivity index (χ0) is 22.5. The molecule has 0 aliphatic carbocycles. The number of nitrogens with zero attached hydrogens (tertiary/aromatic N) is 3. The van der Waals surface area contributed by atoms with E-state index in [1.165, 1.54) is 0 Å². The van der Waals surface area contributed by atoms with Crippen LogP contribution in [0.1, 0.15) is 18.4 Å². The highest BCUT2D eigenvalue weighted by Crippen LogP contribution is 2.41. The van der Waals surface area contributed by atoms with Gasteiger partial charge in [0.15, 0.2) is 0 Å². The molecular formula is C23H24Cl3N3O3. The Labute approximate surface area is 202 Å². The van der Waals surface area contributed by atoms with Crippen molar-refractivity contribution in [2.24, 2.45) is 11.3 Å². The van der Waals surface area contributed by atoms with Gasteiger partial charge >= 0.3 is 6.03 Å². The van der Waals surface area contributed by atoms with E-state index in [2.05, 4.69) is 4.98 Å². The van der Waals surface area contributed by atoms with Crippen LogP contribution in [0.2, 0.25) is 15.1 Å². The minimum atomic E-state index is -0.177. The standard InChI is InChI=1S/C23H24Cl3N3O3/c1-14(32-21-5-3-16(24)7-27-21)17-8-28(22(30)29-10-23(11-29)12-31-13-23)9-18(17)15-2-4-19(25)20(26)6-15/h2-7,14,17-18H,8-13H2,1H3. The number of hydrogen-bond donors (Lipinski definition) is 0. The van der Waals surface area contributed by atoms with Gasteiger partial charge < -0.3 is 19.3 Å². The Hall–Kier alpha value is -1.73.